The molecule has 100 valence electrons. The predicted molar refractivity (Wildman–Crippen MR) is 71.5 cm³/mol. The Kier molecular flexibility index (Phi) is 4.76. The van der Waals surface area contributed by atoms with E-state index < -0.39 is 9.05 Å². The second-order valence-electron chi connectivity index (χ2n) is 4.14. The van der Waals surface area contributed by atoms with Crippen molar-refractivity contribution in [1.29, 1.82) is 0 Å². The summed E-state index contributed by atoms with van der Waals surface area (Å²) in [6.45, 7) is 4.35. The highest BCUT2D eigenvalue weighted by atomic mass is 35.7. The minimum atomic E-state index is -3.81. The maximum absolute atomic E-state index is 12.1. The summed E-state index contributed by atoms with van der Waals surface area (Å²) in [7, 11) is 3.15. The third-order valence-corrected chi connectivity index (χ3v) is 3.98. The molecule has 0 aliphatic heterocycles. The monoisotopic (exact) mass is 289 g/mol. The first-order valence-electron chi connectivity index (χ1n) is 5.58. The molecule has 0 spiro atoms. The molecule has 0 aromatic heterocycles. The van der Waals surface area contributed by atoms with Gasteiger partial charge in [0.05, 0.1) is 4.90 Å². The second kappa shape index (κ2) is 5.71. The van der Waals surface area contributed by atoms with E-state index >= 15 is 0 Å². The Hall–Kier alpha value is -1.07. The molecule has 1 amide bonds. The highest BCUT2D eigenvalue weighted by Crippen LogP contribution is 2.20. The van der Waals surface area contributed by atoms with Crippen molar-refractivity contribution in [3.63, 3.8) is 0 Å². The number of benzene rings is 1. The SMILES string of the molecule is CCCN(C)C(=O)c1cc(S(=O)(=O)Cl)ccc1C. The van der Waals surface area contributed by atoms with Crippen LogP contribution in [0.25, 0.3) is 0 Å². The molecule has 1 rings (SSSR count). The number of aryl methyl sites for hydroxylation is 1. The first-order valence-corrected chi connectivity index (χ1v) is 7.89. The molecule has 0 atom stereocenters. The van der Waals surface area contributed by atoms with Gasteiger partial charge >= 0.3 is 0 Å². The van der Waals surface area contributed by atoms with Gasteiger partial charge in [0.25, 0.3) is 15.0 Å². The van der Waals surface area contributed by atoms with Crippen LogP contribution in [0.5, 0.6) is 0 Å². The quantitative estimate of drug-likeness (QED) is 0.800. The fraction of sp³-hybridized carbons (Fsp3) is 0.417. The van der Waals surface area contributed by atoms with E-state index in [1.807, 2.05) is 6.92 Å². The van der Waals surface area contributed by atoms with Gasteiger partial charge < -0.3 is 4.90 Å². The topological polar surface area (TPSA) is 54.5 Å². The molecule has 0 heterocycles. The molecule has 0 saturated carbocycles. The maximum atomic E-state index is 12.1. The predicted octanol–water partition coefficient (Wildman–Crippen LogP) is 2.40. The van der Waals surface area contributed by atoms with E-state index in [1.165, 1.54) is 12.1 Å². The van der Waals surface area contributed by atoms with Gasteiger partial charge in [-0.1, -0.05) is 13.0 Å². The molecule has 0 bridgehead atoms. The van der Waals surface area contributed by atoms with Gasteiger partial charge in [0.15, 0.2) is 0 Å². The Balaban J connectivity index is 3.20. The molecule has 18 heavy (non-hydrogen) atoms. The Labute approximate surface area is 112 Å². The van der Waals surface area contributed by atoms with Crippen molar-refractivity contribution in [2.75, 3.05) is 13.6 Å². The van der Waals surface area contributed by atoms with Gasteiger partial charge in [-0.15, -0.1) is 0 Å². The third-order valence-electron chi connectivity index (χ3n) is 2.63. The molecule has 0 fully saturated rings. The average molecular weight is 290 g/mol. The zero-order chi connectivity index (χ0) is 13.9. The van der Waals surface area contributed by atoms with Crippen LogP contribution in [0.4, 0.5) is 0 Å². The first kappa shape index (κ1) is 15.0. The minimum Gasteiger partial charge on any atom is -0.342 e. The van der Waals surface area contributed by atoms with Gasteiger partial charge in [-0.2, -0.15) is 0 Å². The van der Waals surface area contributed by atoms with Crippen molar-refractivity contribution < 1.29 is 13.2 Å². The molecule has 0 aliphatic rings. The van der Waals surface area contributed by atoms with E-state index in [1.54, 1.807) is 24.9 Å². The van der Waals surface area contributed by atoms with Crippen molar-refractivity contribution in [3.8, 4) is 0 Å². The Morgan fingerprint density at radius 2 is 2.00 bits per heavy atom. The van der Waals surface area contributed by atoms with E-state index in [4.69, 9.17) is 10.7 Å². The summed E-state index contributed by atoms with van der Waals surface area (Å²) in [4.78, 5) is 13.6. The van der Waals surface area contributed by atoms with Crippen LogP contribution >= 0.6 is 10.7 Å². The standard InChI is InChI=1S/C12H16ClNO3S/c1-4-7-14(3)12(15)11-8-10(18(13,16)17)6-5-9(11)2/h5-6,8H,4,7H2,1-3H3. The summed E-state index contributed by atoms with van der Waals surface area (Å²) in [5.41, 5.74) is 1.10. The van der Waals surface area contributed by atoms with Crippen molar-refractivity contribution in [2.24, 2.45) is 0 Å². The number of hydrogen-bond acceptors (Lipinski definition) is 3. The molecule has 0 unspecified atom stereocenters. The van der Waals surface area contributed by atoms with Crippen molar-refractivity contribution >= 4 is 25.6 Å². The number of amides is 1. The molecule has 4 nitrogen and oxygen atoms in total. The fourth-order valence-corrected chi connectivity index (χ4v) is 2.40. The largest absolute Gasteiger partial charge is 0.342 e. The summed E-state index contributed by atoms with van der Waals surface area (Å²) >= 11 is 0. The molecule has 0 radical (unpaired) electrons. The molecule has 0 aliphatic carbocycles. The van der Waals surface area contributed by atoms with Gasteiger partial charge in [0.2, 0.25) is 0 Å². The lowest BCUT2D eigenvalue weighted by molar-refractivity contribution is 0.0794. The molecule has 1 aromatic carbocycles. The van der Waals surface area contributed by atoms with E-state index in [0.717, 1.165) is 12.0 Å². The van der Waals surface area contributed by atoms with E-state index in [2.05, 4.69) is 0 Å². The second-order valence-corrected chi connectivity index (χ2v) is 6.71. The lowest BCUT2D eigenvalue weighted by atomic mass is 10.1. The molecule has 6 heteroatoms. The number of carbonyl (C=O) groups is 1. The summed E-state index contributed by atoms with van der Waals surface area (Å²) < 4.78 is 22.5. The minimum absolute atomic E-state index is 0.0528. The zero-order valence-corrected chi connectivity index (χ0v) is 12.2. The van der Waals surface area contributed by atoms with Crippen LogP contribution in [0.2, 0.25) is 0 Å². The molecule has 0 saturated heterocycles. The van der Waals surface area contributed by atoms with Crippen LogP contribution < -0.4 is 0 Å². The van der Waals surface area contributed by atoms with Crippen molar-refractivity contribution in [1.82, 2.24) is 4.90 Å². The van der Waals surface area contributed by atoms with Crippen molar-refractivity contribution in [3.05, 3.63) is 29.3 Å². The fourth-order valence-electron chi connectivity index (χ4n) is 1.63. The Bertz CT molecular complexity index is 554. The number of rotatable bonds is 4. The van der Waals surface area contributed by atoms with Crippen molar-refractivity contribution in [2.45, 2.75) is 25.2 Å². The molecule has 1 aromatic rings. The van der Waals surface area contributed by atoms with Gasteiger partial charge in [0, 0.05) is 29.8 Å². The molecular formula is C12H16ClNO3S. The Morgan fingerprint density at radius 1 is 1.39 bits per heavy atom. The van der Waals surface area contributed by atoms with Crippen LogP contribution in [0.1, 0.15) is 29.3 Å². The third kappa shape index (κ3) is 3.46. The van der Waals surface area contributed by atoms with E-state index in [-0.39, 0.29) is 10.8 Å². The molecular weight excluding hydrogens is 274 g/mol. The van der Waals surface area contributed by atoms with Crippen LogP contribution in [-0.2, 0) is 9.05 Å². The number of carbonyl (C=O) groups excluding carboxylic acids is 1. The van der Waals surface area contributed by atoms with E-state index in [0.29, 0.717) is 12.1 Å². The van der Waals surface area contributed by atoms with Crippen LogP contribution in [0.3, 0.4) is 0 Å². The number of hydrogen-bond donors (Lipinski definition) is 0. The van der Waals surface area contributed by atoms with Crippen LogP contribution in [0, 0.1) is 6.92 Å². The lowest BCUT2D eigenvalue weighted by Crippen LogP contribution is -2.28. The van der Waals surface area contributed by atoms with Gasteiger partial charge in [-0.3, -0.25) is 4.79 Å². The van der Waals surface area contributed by atoms with Crippen LogP contribution in [-0.4, -0.2) is 32.8 Å². The summed E-state index contributed by atoms with van der Waals surface area (Å²) in [5.74, 6) is -0.198. The normalized spacial score (nSPS) is 11.3. The maximum Gasteiger partial charge on any atom is 0.261 e. The highest BCUT2D eigenvalue weighted by molar-refractivity contribution is 8.13. The first-order chi connectivity index (χ1) is 8.27. The summed E-state index contributed by atoms with van der Waals surface area (Å²) in [6.07, 6.45) is 0.842. The average Bonchev–Trinajstić information content (AvgIpc) is 2.27. The van der Waals surface area contributed by atoms with Gasteiger partial charge in [-0.25, -0.2) is 8.42 Å². The summed E-state index contributed by atoms with van der Waals surface area (Å²) in [6, 6.07) is 4.31. The molecule has 0 N–H and O–H groups in total. The lowest BCUT2D eigenvalue weighted by Gasteiger charge is -2.17. The van der Waals surface area contributed by atoms with Gasteiger partial charge in [0.1, 0.15) is 0 Å². The number of nitrogens with zero attached hydrogens (tertiary/aromatic N) is 1. The van der Waals surface area contributed by atoms with Gasteiger partial charge in [-0.05, 0) is 31.0 Å². The van der Waals surface area contributed by atoms with E-state index in [9.17, 15) is 13.2 Å². The summed E-state index contributed by atoms with van der Waals surface area (Å²) in [5, 5.41) is 0. The zero-order valence-electron chi connectivity index (χ0n) is 10.6. The number of halogens is 1. The van der Waals surface area contributed by atoms with Crippen LogP contribution in [0.15, 0.2) is 23.1 Å². The Morgan fingerprint density at radius 3 is 2.50 bits per heavy atom. The highest BCUT2D eigenvalue weighted by Gasteiger charge is 2.17. The smallest absolute Gasteiger partial charge is 0.261 e.